The molecule has 2 bridgehead atoms. The molecule has 1 saturated heterocycles. The van der Waals surface area contributed by atoms with E-state index in [1.807, 2.05) is 6.92 Å². The molecule has 3 rings (SSSR count). The van der Waals surface area contributed by atoms with Crippen LogP contribution in [-0.4, -0.2) is 22.8 Å². The van der Waals surface area contributed by atoms with Crippen LogP contribution in [0.3, 0.4) is 0 Å². The molecule has 4 nitrogen and oxygen atoms in total. The molecule has 1 aromatic heterocycles. The number of hydrogen-bond donors (Lipinski definition) is 0. The maximum Gasteiger partial charge on any atom is 0.318 e. The van der Waals surface area contributed by atoms with Crippen molar-refractivity contribution in [1.29, 1.82) is 0 Å². The zero-order valence-electron chi connectivity index (χ0n) is 8.69. The van der Waals surface area contributed by atoms with Crippen molar-refractivity contribution in [2.45, 2.75) is 37.6 Å². The first-order chi connectivity index (χ1) is 7.24. The molecule has 0 aromatic carbocycles. The van der Waals surface area contributed by atoms with Gasteiger partial charge in [0.2, 0.25) is 5.89 Å². The minimum absolute atomic E-state index is 0.203. The molecule has 2 heterocycles. The second-order valence-corrected chi connectivity index (χ2v) is 5.18. The van der Waals surface area contributed by atoms with E-state index in [-0.39, 0.29) is 5.38 Å². The minimum Gasteiger partial charge on any atom is -0.406 e. The molecular formula is C10H14ClN3O. The summed E-state index contributed by atoms with van der Waals surface area (Å²) in [6, 6.07) is 1.28. The molecule has 0 N–H and O–H groups in total. The normalized spacial score (nSPS) is 31.2. The van der Waals surface area contributed by atoms with Crippen molar-refractivity contribution in [3.63, 3.8) is 0 Å². The fraction of sp³-hybridized carbons (Fsp3) is 0.800. The fourth-order valence-corrected chi connectivity index (χ4v) is 2.75. The van der Waals surface area contributed by atoms with Gasteiger partial charge in [-0.2, -0.15) is 0 Å². The smallest absolute Gasteiger partial charge is 0.318 e. The van der Waals surface area contributed by atoms with E-state index in [2.05, 4.69) is 15.1 Å². The second kappa shape index (κ2) is 3.37. The van der Waals surface area contributed by atoms with Crippen LogP contribution in [0.4, 0.5) is 6.01 Å². The van der Waals surface area contributed by atoms with Gasteiger partial charge >= 0.3 is 6.01 Å². The molecule has 5 heteroatoms. The molecular weight excluding hydrogens is 214 g/mol. The summed E-state index contributed by atoms with van der Waals surface area (Å²) < 4.78 is 5.55. The maximum atomic E-state index is 5.89. The molecule has 1 aliphatic carbocycles. The topological polar surface area (TPSA) is 42.2 Å². The van der Waals surface area contributed by atoms with Crippen molar-refractivity contribution in [3.05, 3.63) is 5.89 Å². The van der Waals surface area contributed by atoms with Crippen LogP contribution in [0.1, 0.15) is 37.5 Å². The Hall–Kier alpha value is -0.770. The Kier molecular flexibility index (Phi) is 2.12. The van der Waals surface area contributed by atoms with Gasteiger partial charge in [-0.25, -0.2) is 0 Å². The largest absolute Gasteiger partial charge is 0.406 e. The molecule has 1 aliphatic heterocycles. The van der Waals surface area contributed by atoms with E-state index in [0.29, 0.717) is 17.9 Å². The quantitative estimate of drug-likeness (QED) is 0.728. The summed E-state index contributed by atoms with van der Waals surface area (Å²) >= 11 is 5.89. The SMILES string of the molecule is CC(Cl)c1nnc(N2CC3CCC2C3)o1. The van der Waals surface area contributed by atoms with Crippen LogP contribution in [0.25, 0.3) is 0 Å². The van der Waals surface area contributed by atoms with Gasteiger partial charge in [-0.05, 0) is 32.1 Å². The highest BCUT2D eigenvalue weighted by Gasteiger charge is 2.40. The van der Waals surface area contributed by atoms with Crippen molar-refractivity contribution < 1.29 is 4.42 Å². The van der Waals surface area contributed by atoms with Gasteiger partial charge in [0, 0.05) is 12.6 Å². The van der Waals surface area contributed by atoms with E-state index < -0.39 is 0 Å². The Labute approximate surface area is 93.6 Å². The van der Waals surface area contributed by atoms with Crippen LogP contribution in [0.2, 0.25) is 0 Å². The van der Waals surface area contributed by atoms with Gasteiger partial charge in [0.05, 0.1) is 0 Å². The number of nitrogens with zero attached hydrogens (tertiary/aromatic N) is 3. The standard InChI is InChI=1S/C10H14ClN3O/c1-6(11)9-12-13-10(15-9)14-5-7-2-3-8(14)4-7/h6-8H,2-5H2,1H3. The highest BCUT2D eigenvalue weighted by atomic mass is 35.5. The molecule has 15 heavy (non-hydrogen) atoms. The van der Waals surface area contributed by atoms with Gasteiger partial charge in [0.25, 0.3) is 0 Å². The monoisotopic (exact) mass is 227 g/mol. The molecule has 1 aromatic rings. The summed E-state index contributed by atoms with van der Waals surface area (Å²) in [6.45, 7) is 2.91. The van der Waals surface area contributed by atoms with Gasteiger partial charge in [-0.15, -0.1) is 16.7 Å². The molecule has 1 saturated carbocycles. The fourth-order valence-electron chi connectivity index (χ4n) is 2.66. The lowest BCUT2D eigenvalue weighted by Crippen LogP contribution is -2.32. The van der Waals surface area contributed by atoms with E-state index in [9.17, 15) is 0 Å². The minimum atomic E-state index is -0.203. The van der Waals surface area contributed by atoms with E-state index in [1.165, 1.54) is 19.3 Å². The average Bonchev–Trinajstić information content (AvgIpc) is 2.93. The first-order valence-corrected chi connectivity index (χ1v) is 5.92. The predicted molar refractivity (Wildman–Crippen MR) is 57.0 cm³/mol. The van der Waals surface area contributed by atoms with Gasteiger partial charge in [0.15, 0.2) is 0 Å². The van der Waals surface area contributed by atoms with Crippen molar-refractivity contribution >= 4 is 17.6 Å². The van der Waals surface area contributed by atoms with Crippen LogP contribution < -0.4 is 4.90 Å². The van der Waals surface area contributed by atoms with Crippen LogP contribution >= 0.6 is 11.6 Å². The molecule has 3 unspecified atom stereocenters. The van der Waals surface area contributed by atoms with Crippen LogP contribution in [0, 0.1) is 5.92 Å². The second-order valence-electron chi connectivity index (χ2n) is 4.52. The van der Waals surface area contributed by atoms with Gasteiger partial charge < -0.3 is 9.32 Å². The summed E-state index contributed by atoms with van der Waals surface area (Å²) in [5.41, 5.74) is 0. The van der Waals surface area contributed by atoms with Crippen molar-refractivity contribution in [3.8, 4) is 0 Å². The third kappa shape index (κ3) is 1.51. The first-order valence-electron chi connectivity index (χ1n) is 5.48. The van der Waals surface area contributed by atoms with Crippen LogP contribution in [0.5, 0.6) is 0 Å². The van der Waals surface area contributed by atoms with Crippen LogP contribution in [0.15, 0.2) is 4.42 Å². The molecule has 3 atom stereocenters. The zero-order valence-corrected chi connectivity index (χ0v) is 9.44. The highest BCUT2D eigenvalue weighted by molar-refractivity contribution is 6.20. The molecule has 0 spiro atoms. The summed E-state index contributed by atoms with van der Waals surface area (Å²) in [5, 5.41) is 7.81. The Bertz CT molecular complexity index is 365. The molecule has 2 fully saturated rings. The summed E-state index contributed by atoms with van der Waals surface area (Å²) in [4.78, 5) is 2.24. The Morgan fingerprint density at radius 2 is 2.33 bits per heavy atom. The Morgan fingerprint density at radius 3 is 2.87 bits per heavy atom. The number of halogens is 1. The van der Waals surface area contributed by atoms with E-state index >= 15 is 0 Å². The van der Waals surface area contributed by atoms with Crippen LogP contribution in [-0.2, 0) is 0 Å². The van der Waals surface area contributed by atoms with Crippen molar-refractivity contribution in [1.82, 2.24) is 10.2 Å². The third-order valence-electron chi connectivity index (χ3n) is 3.43. The highest BCUT2D eigenvalue weighted by Crippen LogP contribution is 2.39. The number of anilines is 1. The zero-order chi connectivity index (χ0) is 10.4. The third-order valence-corrected chi connectivity index (χ3v) is 3.61. The lowest BCUT2D eigenvalue weighted by atomic mass is 10.1. The van der Waals surface area contributed by atoms with E-state index in [0.717, 1.165) is 12.5 Å². The summed E-state index contributed by atoms with van der Waals surface area (Å²) in [7, 11) is 0. The number of rotatable bonds is 2. The summed E-state index contributed by atoms with van der Waals surface area (Å²) in [6.07, 6.45) is 3.90. The van der Waals surface area contributed by atoms with Crippen molar-refractivity contribution in [2.75, 3.05) is 11.4 Å². The van der Waals surface area contributed by atoms with Gasteiger partial charge in [-0.1, -0.05) is 5.10 Å². The predicted octanol–water partition coefficient (Wildman–Crippen LogP) is 2.36. The lowest BCUT2D eigenvalue weighted by molar-refractivity contribution is 0.457. The molecule has 0 amide bonds. The Morgan fingerprint density at radius 1 is 1.47 bits per heavy atom. The number of alkyl halides is 1. The average molecular weight is 228 g/mol. The molecule has 2 aliphatic rings. The first kappa shape index (κ1) is 9.46. The maximum absolute atomic E-state index is 5.89. The number of aromatic nitrogens is 2. The molecule has 82 valence electrons. The number of piperidine rings is 1. The van der Waals surface area contributed by atoms with Gasteiger partial charge in [0.1, 0.15) is 5.38 Å². The number of fused-ring (bicyclic) bond motifs is 2. The van der Waals surface area contributed by atoms with Crippen molar-refractivity contribution in [2.24, 2.45) is 5.92 Å². The van der Waals surface area contributed by atoms with E-state index in [1.54, 1.807) is 0 Å². The summed E-state index contributed by atoms with van der Waals surface area (Å²) in [5.74, 6) is 1.35. The lowest BCUT2D eigenvalue weighted by Gasteiger charge is -2.24. The number of hydrogen-bond acceptors (Lipinski definition) is 4. The molecule has 0 radical (unpaired) electrons. The Balaban J connectivity index is 1.81. The van der Waals surface area contributed by atoms with E-state index in [4.69, 9.17) is 16.0 Å². The van der Waals surface area contributed by atoms with Gasteiger partial charge in [-0.3, -0.25) is 0 Å².